The molecule has 4 aromatic rings. The van der Waals surface area contributed by atoms with Gasteiger partial charge in [-0.2, -0.15) is 0 Å². The summed E-state index contributed by atoms with van der Waals surface area (Å²) in [6.45, 7) is 3.80. The predicted molar refractivity (Wildman–Crippen MR) is 140 cm³/mol. The first-order chi connectivity index (χ1) is 18.5. The van der Waals surface area contributed by atoms with Crippen molar-refractivity contribution in [2.45, 2.75) is 6.92 Å². The lowest BCUT2D eigenvalue weighted by atomic mass is 10.1. The van der Waals surface area contributed by atoms with Gasteiger partial charge in [0.15, 0.2) is 11.5 Å². The first-order valence-electron chi connectivity index (χ1n) is 12.5. The highest BCUT2D eigenvalue weighted by Gasteiger charge is 2.29. The van der Waals surface area contributed by atoms with E-state index in [1.165, 1.54) is 12.1 Å². The minimum atomic E-state index is -0.312. The van der Waals surface area contributed by atoms with Gasteiger partial charge in [0.25, 0.3) is 11.8 Å². The number of rotatable bonds is 4. The molecule has 2 aliphatic heterocycles. The summed E-state index contributed by atoms with van der Waals surface area (Å²) in [4.78, 5) is 30.3. The normalized spacial score (nSPS) is 14.6. The van der Waals surface area contributed by atoms with Gasteiger partial charge in [-0.05, 0) is 73.2 Å². The van der Waals surface area contributed by atoms with E-state index in [4.69, 9.17) is 9.47 Å². The van der Waals surface area contributed by atoms with Crippen LogP contribution in [0.1, 0.15) is 26.4 Å². The Bertz CT molecular complexity index is 1510. The van der Waals surface area contributed by atoms with Crippen molar-refractivity contribution < 1.29 is 23.5 Å². The second-order valence-corrected chi connectivity index (χ2v) is 9.36. The molecule has 192 valence electrons. The third-order valence-electron chi connectivity index (χ3n) is 7.11. The van der Waals surface area contributed by atoms with Crippen LogP contribution in [0.2, 0.25) is 0 Å². The standard InChI is InChI=1S/C30H26FN3O4/c1-20-25(18-26(21-7-10-23(31)11-8-21)34(20)24-5-3-2-4-6-24)30(36)33-15-13-32(14-16-33)29(35)22-9-12-27-28(17-22)38-19-37-27/h2-12,17-18H,13-16,19H2,1H3. The molecule has 0 radical (unpaired) electrons. The number of fused-ring (bicyclic) bond motifs is 1. The summed E-state index contributed by atoms with van der Waals surface area (Å²) in [7, 11) is 0. The number of nitrogens with zero attached hydrogens (tertiary/aromatic N) is 3. The maximum absolute atomic E-state index is 13.7. The number of aromatic nitrogens is 1. The van der Waals surface area contributed by atoms with E-state index in [2.05, 4.69) is 0 Å². The minimum Gasteiger partial charge on any atom is -0.454 e. The van der Waals surface area contributed by atoms with Gasteiger partial charge in [-0.15, -0.1) is 0 Å². The van der Waals surface area contributed by atoms with Crippen molar-refractivity contribution in [2.75, 3.05) is 33.0 Å². The number of carbonyl (C=O) groups excluding carboxylic acids is 2. The quantitative estimate of drug-likeness (QED) is 0.390. The number of amides is 2. The van der Waals surface area contributed by atoms with Crippen LogP contribution in [0.3, 0.4) is 0 Å². The number of piperazine rings is 1. The van der Waals surface area contributed by atoms with Crippen LogP contribution in [0.5, 0.6) is 11.5 Å². The van der Waals surface area contributed by atoms with Gasteiger partial charge in [-0.1, -0.05) is 18.2 Å². The molecule has 2 amide bonds. The number of carbonyl (C=O) groups is 2. The molecule has 1 aromatic heterocycles. The van der Waals surface area contributed by atoms with Crippen molar-refractivity contribution in [3.8, 4) is 28.4 Å². The molecule has 0 atom stereocenters. The molecule has 38 heavy (non-hydrogen) atoms. The molecule has 3 aromatic carbocycles. The highest BCUT2D eigenvalue weighted by molar-refractivity contribution is 5.98. The van der Waals surface area contributed by atoms with Gasteiger partial charge in [-0.25, -0.2) is 4.39 Å². The molecule has 0 spiro atoms. The summed E-state index contributed by atoms with van der Waals surface area (Å²) in [6, 6.07) is 23.1. The molecule has 0 bridgehead atoms. The lowest BCUT2D eigenvalue weighted by molar-refractivity contribution is 0.0535. The van der Waals surface area contributed by atoms with Crippen LogP contribution in [0, 0.1) is 12.7 Å². The van der Waals surface area contributed by atoms with E-state index in [0.29, 0.717) is 48.8 Å². The molecule has 8 heteroatoms. The van der Waals surface area contributed by atoms with Crippen molar-refractivity contribution in [1.29, 1.82) is 0 Å². The highest BCUT2D eigenvalue weighted by Crippen LogP contribution is 2.33. The monoisotopic (exact) mass is 511 g/mol. The number of benzene rings is 3. The average molecular weight is 512 g/mol. The SMILES string of the molecule is Cc1c(C(=O)N2CCN(C(=O)c3ccc4c(c3)OCO4)CC2)cc(-c2ccc(F)cc2)n1-c1ccccc1. The fraction of sp³-hybridized carbons (Fsp3) is 0.200. The zero-order chi connectivity index (χ0) is 26.2. The first-order valence-corrected chi connectivity index (χ1v) is 12.5. The van der Waals surface area contributed by atoms with Gasteiger partial charge >= 0.3 is 0 Å². The van der Waals surface area contributed by atoms with Crippen LogP contribution >= 0.6 is 0 Å². The third kappa shape index (κ3) is 4.28. The van der Waals surface area contributed by atoms with Crippen LogP contribution in [0.25, 0.3) is 16.9 Å². The first kappa shape index (κ1) is 23.8. The Labute approximate surface area is 219 Å². The van der Waals surface area contributed by atoms with E-state index in [-0.39, 0.29) is 24.4 Å². The molecule has 0 N–H and O–H groups in total. The fourth-order valence-electron chi connectivity index (χ4n) is 5.06. The largest absolute Gasteiger partial charge is 0.454 e. The fourth-order valence-corrected chi connectivity index (χ4v) is 5.06. The van der Waals surface area contributed by atoms with E-state index < -0.39 is 0 Å². The molecular weight excluding hydrogens is 485 g/mol. The van der Waals surface area contributed by atoms with Crippen LogP contribution in [-0.2, 0) is 0 Å². The summed E-state index contributed by atoms with van der Waals surface area (Å²) in [5.41, 5.74) is 4.48. The van der Waals surface area contributed by atoms with Crippen molar-refractivity contribution in [2.24, 2.45) is 0 Å². The molecule has 2 aliphatic rings. The predicted octanol–water partition coefficient (Wildman–Crippen LogP) is 4.92. The minimum absolute atomic E-state index is 0.0873. The van der Waals surface area contributed by atoms with Gasteiger partial charge in [0.1, 0.15) is 5.82 Å². The van der Waals surface area contributed by atoms with Crippen molar-refractivity contribution in [1.82, 2.24) is 14.4 Å². The van der Waals surface area contributed by atoms with Crippen molar-refractivity contribution in [3.05, 3.63) is 102 Å². The molecular formula is C30H26FN3O4. The number of hydrogen-bond acceptors (Lipinski definition) is 4. The van der Waals surface area contributed by atoms with Crippen LogP contribution in [0.15, 0.2) is 78.9 Å². The third-order valence-corrected chi connectivity index (χ3v) is 7.11. The van der Waals surface area contributed by atoms with E-state index in [0.717, 1.165) is 22.6 Å². The van der Waals surface area contributed by atoms with E-state index in [9.17, 15) is 14.0 Å². The van der Waals surface area contributed by atoms with Crippen molar-refractivity contribution >= 4 is 11.8 Å². The number of hydrogen-bond donors (Lipinski definition) is 0. The smallest absolute Gasteiger partial charge is 0.255 e. The zero-order valence-electron chi connectivity index (χ0n) is 20.9. The van der Waals surface area contributed by atoms with E-state index >= 15 is 0 Å². The Kier molecular flexibility index (Phi) is 6.07. The van der Waals surface area contributed by atoms with Crippen LogP contribution < -0.4 is 9.47 Å². The number of ether oxygens (including phenoxy) is 2. The van der Waals surface area contributed by atoms with Gasteiger partial charge in [0, 0.05) is 43.1 Å². The van der Waals surface area contributed by atoms with Crippen molar-refractivity contribution in [3.63, 3.8) is 0 Å². The van der Waals surface area contributed by atoms with E-state index in [1.54, 1.807) is 40.1 Å². The van der Waals surface area contributed by atoms with Gasteiger partial charge in [0.05, 0.1) is 11.3 Å². The summed E-state index contributed by atoms with van der Waals surface area (Å²) >= 11 is 0. The maximum Gasteiger partial charge on any atom is 0.255 e. The van der Waals surface area contributed by atoms with Gasteiger partial charge in [0.2, 0.25) is 6.79 Å². The lowest BCUT2D eigenvalue weighted by Gasteiger charge is -2.35. The Hall–Kier alpha value is -4.59. The Morgan fingerprint density at radius 2 is 1.42 bits per heavy atom. The molecule has 7 nitrogen and oxygen atoms in total. The second-order valence-electron chi connectivity index (χ2n) is 9.36. The zero-order valence-corrected chi connectivity index (χ0v) is 20.9. The summed E-state index contributed by atoms with van der Waals surface area (Å²) < 4.78 is 26.4. The average Bonchev–Trinajstić information content (AvgIpc) is 3.57. The maximum atomic E-state index is 13.7. The van der Waals surface area contributed by atoms with Gasteiger partial charge in [-0.3, -0.25) is 9.59 Å². The van der Waals surface area contributed by atoms with Crippen LogP contribution in [-0.4, -0.2) is 59.2 Å². The molecule has 3 heterocycles. The summed E-state index contributed by atoms with van der Waals surface area (Å²) in [6.07, 6.45) is 0. The molecule has 0 saturated carbocycles. The molecule has 0 unspecified atom stereocenters. The Morgan fingerprint density at radius 3 is 2.13 bits per heavy atom. The number of halogens is 1. The molecule has 6 rings (SSSR count). The highest BCUT2D eigenvalue weighted by atomic mass is 19.1. The Morgan fingerprint density at radius 1 is 0.763 bits per heavy atom. The molecule has 1 saturated heterocycles. The van der Waals surface area contributed by atoms with Gasteiger partial charge < -0.3 is 23.8 Å². The summed E-state index contributed by atoms with van der Waals surface area (Å²) in [5, 5.41) is 0. The molecule has 0 aliphatic carbocycles. The Balaban J connectivity index is 1.23. The number of para-hydroxylation sites is 1. The lowest BCUT2D eigenvalue weighted by Crippen LogP contribution is -2.50. The topological polar surface area (TPSA) is 64.0 Å². The molecule has 1 fully saturated rings. The second kappa shape index (κ2) is 9.70. The van der Waals surface area contributed by atoms with E-state index in [1.807, 2.05) is 47.9 Å². The summed E-state index contributed by atoms with van der Waals surface area (Å²) in [5.74, 6) is 0.707. The van der Waals surface area contributed by atoms with Crippen LogP contribution in [0.4, 0.5) is 4.39 Å².